The second kappa shape index (κ2) is 14.4. The Labute approximate surface area is 236 Å². The van der Waals surface area contributed by atoms with Crippen LogP contribution in [0.1, 0.15) is 32.3 Å². The van der Waals surface area contributed by atoms with Gasteiger partial charge in [-0.05, 0) is 54.8 Å². The van der Waals surface area contributed by atoms with E-state index in [1.54, 1.807) is 67.8 Å². The van der Waals surface area contributed by atoms with Crippen molar-refractivity contribution in [2.45, 2.75) is 44.2 Å². The zero-order chi connectivity index (χ0) is 29.1. The van der Waals surface area contributed by atoms with Crippen LogP contribution in [-0.4, -0.2) is 58.5 Å². The Morgan fingerprint density at radius 2 is 1.52 bits per heavy atom. The lowest BCUT2D eigenvalue weighted by molar-refractivity contribution is -0.140. The molecule has 2 amide bonds. The molecule has 214 valence electrons. The van der Waals surface area contributed by atoms with Crippen molar-refractivity contribution in [3.63, 3.8) is 0 Å². The molecule has 9 nitrogen and oxygen atoms in total. The van der Waals surface area contributed by atoms with Crippen molar-refractivity contribution < 1.29 is 27.5 Å². The number of nitrogens with one attached hydrogen (secondary N) is 1. The van der Waals surface area contributed by atoms with Crippen molar-refractivity contribution in [1.29, 1.82) is 0 Å². The van der Waals surface area contributed by atoms with Gasteiger partial charge in [-0.2, -0.15) is 0 Å². The molecular formula is C30H37N3O6S. The van der Waals surface area contributed by atoms with Crippen LogP contribution >= 0.6 is 0 Å². The lowest BCUT2D eigenvalue weighted by atomic mass is 10.1. The quantitative estimate of drug-likeness (QED) is 0.313. The summed E-state index contributed by atoms with van der Waals surface area (Å²) in [5.41, 5.74) is 1.01. The topological polar surface area (TPSA) is 105 Å². The van der Waals surface area contributed by atoms with Gasteiger partial charge >= 0.3 is 0 Å². The number of methoxy groups -OCH3 is 2. The highest BCUT2D eigenvalue weighted by Crippen LogP contribution is 2.28. The molecule has 3 aromatic carbocycles. The van der Waals surface area contributed by atoms with E-state index < -0.39 is 28.5 Å². The van der Waals surface area contributed by atoms with Crippen LogP contribution in [0, 0.1) is 0 Å². The number of carbonyl (C=O) groups excluding carboxylic acids is 2. The van der Waals surface area contributed by atoms with Crippen molar-refractivity contribution in [3.8, 4) is 11.5 Å². The number of carbonyl (C=O) groups is 2. The fourth-order valence-electron chi connectivity index (χ4n) is 4.27. The summed E-state index contributed by atoms with van der Waals surface area (Å²) in [6.07, 6.45) is 1.08. The molecular weight excluding hydrogens is 530 g/mol. The summed E-state index contributed by atoms with van der Waals surface area (Å²) < 4.78 is 39.4. The van der Waals surface area contributed by atoms with E-state index in [0.29, 0.717) is 24.5 Å². The summed E-state index contributed by atoms with van der Waals surface area (Å²) in [5, 5.41) is 2.88. The summed E-state index contributed by atoms with van der Waals surface area (Å²) in [5.74, 6) is 0.234. The number of benzene rings is 3. The molecule has 0 heterocycles. The fraction of sp³-hybridized carbons (Fsp3) is 0.333. The molecule has 3 aromatic rings. The molecule has 0 unspecified atom stereocenters. The Hall–Kier alpha value is -4.05. The van der Waals surface area contributed by atoms with Gasteiger partial charge in [-0.15, -0.1) is 0 Å². The van der Waals surface area contributed by atoms with Gasteiger partial charge in [-0.3, -0.25) is 13.9 Å². The maximum Gasteiger partial charge on any atom is 0.264 e. The molecule has 0 bridgehead atoms. The van der Waals surface area contributed by atoms with Gasteiger partial charge in [0.05, 0.1) is 24.8 Å². The van der Waals surface area contributed by atoms with Gasteiger partial charge < -0.3 is 19.7 Å². The van der Waals surface area contributed by atoms with Crippen molar-refractivity contribution >= 4 is 27.5 Å². The monoisotopic (exact) mass is 567 g/mol. The van der Waals surface area contributed by atoms with E-state index in [0.717, 1.165) is 16.3 Å². The number of anilines is 1. The molecule has 0 saturated heterocycles. The van der Waals surface area contributed by atoms with Crippen LogP contribution in [0.3, 0.4) is 0 Å². The number of hydrogen-bond donors (Lipinski definition) is 1. The van der Waals surface area contributed by atoms with E-state index in [4.69, 9.17) is 9.47 Å². The summed E-state index contributed by atoms with van der Waals surface area (Å²) in [7, 11) is -1.11. The molecule has 0 aromatic heterocycles. The van der Waals surface area contributed by atoms with Crippen LogP contribution in [0.5, 0.6) is 11.5 Å². The third-order valence-corrected chi connectivity index (χ3v) is 8.16. The zero-order valence-electron chi connectivity index (χ0n) is 23.4. The lowest BCUT2D eigenvalue weighted by Crippen LogP contribution is -2.52. The van der Waals surface area contributed by atoms with Crippen molar-refractivity contribution in [3.05, 3.63) is 84.4 Å². The Morgan fingerprint density at radius 1 is 0.875 bits per heavy atom. The summed E-state index contributed by atoms with van der Waals surface area (Å²) in [4.78, 5) is 28.7. The van der Waals surface area contributed by atoms with Gasteiger partial charge in [-0.25, -0.2) is 8.42 Å². The molecule has 0 aliphatic heterocycles. The number of hydrogen-bond acceptors (Lipinski definition) is 6. The van der Waals surface area contributed by atoms with E-state index in [-0.39, 0.29) is 23.0 Å². The highest BCUT2D eigenvalue weighted by molar-refractivity contribution is 7.92. The van der Waals surface area contributed by atoms with E-state index in [2.05, 4.69) is 5.32 Å². The normalized spacial score (nSPS) is 11.8. The van der Waals surface area contributed by atoms with E-state index >= 15 is 0 Å². The van der Waals surface area contributed by atoms with E-state index in [9.17, 15) is 18.0 Å². The molecule has 3 rings (SSSR count). The highest BCUT2D eigenvalue weighted by atomic mass is 32.2. The minimum Gasteiger partial charge on any atom is -0.497 e. The van der Waals surface area contributed by atoms with Crippen molar-refractivity contribution in [1.82, 2.24) is 10.2 Å². The van der Waals surface area contributed by atoms with Crippen LogP contribution < -0.4 is 19.1 Å². The third kappa shape index (κ3) is 7.53. The molecule has 0 aliphatic rings. The van der Waals surface area contributed by atoms with Crippen molar-refractivity contribution in [2.75, 3.05) is 31.6 Å². The van der Waals surface area contributed by atoms with Crippen molar-refractivity contribution in [2.24, 2.45) is 0 Å². The average molecular weight is 568 g/mol. The number of amides is 2. The van der Waals surface area contributed by atoms with Gasteiger partial charge in [-0.1, -0.05) is 50.2 Å². The number of nitrogens with zero attached hydrogens (tertiary/aromatic N) is 2. The van der Waals surface area contributed by atoms with Crippen LogP contribution in [0.2, 0.25) is 0 Å². The van der Waals surface area contributed by atoms with Gasteiger partial charge in [0.2, 0.25) is 11.8 Å². The second-order valence-electron chi connectivity index (χ2n) is 9.11. The first-order valence-electron chi connectivity index (χ1n) is 13.2. The molecule has 10 heteroatoms. The molecule has 0 fully saturated rings. The molecule has 1 N–H and O–H groups in total. The maximum atomic E-state index is 14.1. The molecule has 0 radical (unpaired) electrons. The van der Waals surface area contributed by atoms with E-state index in [1.807, 2.05) is 19.9 Å². The number of rotatable bonds is 14. The predicted molar refractivity (Wildman–Crippen MR) is 155 cm³/mol. The first kappa shape index (κ1) is 30.5. The Morgan fingerprint density at radius 3 is 2.15 bits per heavy atom. The standard InChI is InChI=1S/C30H37N3O6S/c1-5-18-31-30(35)28(6-2)32(21-23-12-10-14-25(19-23)38-3)29(34)22-33(24-13-11-15-26(20-24)39-4)40(36,37)27-16-8-7-9-17-27/h7-17,19-20,28H,5-6,18,21-22H2,1-4H3,(H,31,35)/t28-/m1/s1. The Bertz CT molecular complexity index is 1380. The summed E-state index contributed by atoms with van der Waals surface area (Å²) >= 11 is 0. The first-order chi connectivity index (χ1) is 19.2. The van der Waals surface area contributed by atoms with Crippen LogP contribution in [0.25, 0.3) is 0 Å². The highest BCUT2D eigenvalue weighted by Gasteiger charge is 2.33. The average Bonchev–Trinajstić information content (AvgIpc) is 2.98. The smallest absolute Gasteiger partial charge is 0.264 e. The molecule has 40 heavy (non-hydrogen) atoms. The zero-order valence-corrected chi connectivity index (χ0v) is 24.2. The fourth-order valence-corrected chi connectivity index (χ4v) is 5.69. The largest absolute Gasteiger partial charge is 0.497 e. The third-order valence-electron chi connectivity index (χ3n) is 6.37. The molecule has 1 atom stereocenters. The van der Waals surface area contributed by atoms with Gasteiger partial charge in [0.1, 0.15) is 24.1 Å². The van der Waals surface area contributed by atoms with E-state index in [1.165, 1.54) is 24.1 Å². The number of sulfonamides is 1. The molecule has 0 saturated carbocycles. The minimum atomic E-state index is -4.15. The lowest BCUT2D eigenvalue weighted by Gasteiger charge is -2.33. The molecule has 0 aliphatic carbocycles. The van der Waals surface area contributed by atoms with Crippen LogP contribution in [0.4, 0.5) is 5.69 Å². The first-order valence-corrected chi connectivity index (χ1v) is 14.6. The summed E-state index contributed by atoms with van der Waals surface area (Å²) in [6.45, 7) is 3.80. The van der Waals surface area contributed by atoms with Crippen LogP contribution in [0.15, 0.2) is 83.8 Å². The van der Waals surface area contributed by atoms with Gasteiger partial charge in [0.25, 0.3) is 10.0 Å². The number of ether oxygens (including phenoxy) is 2. The summed E-state index contributed by atoms with van der Waals surface area (Å²) in [6, 6.07) is 20.9. The van der Waals surface area contributed by atoms with Gasteiger partial charge in [0, 0.05) is 19.2 Å². The van der Waals surface area contributed by atoms with Gasteiger partial charge in [0.15, 0.2) is 0 Å². The van der Waals surface area contributed by atoms with Crippen LogP contribution in [-0.2, 0) is 26.2 Å². The second-order valence-corrected chi connectivity index (χ2v) is 11.0. The maximum absolute atomic E-state index is 14.1. The predicted octanol–water partition coefficient (Wildman–Crippen LogP) is 4.23. The molecule has 0 spiro atoms. The Kier molecular flexibility index (Phi) is 11.0. The SMILES string of the molecule is CCCNC(=O)[C@@H](CC)N(Cc1cccc(OC)c1)C(=O)CN(c1cccc(OC)c1)S(=O)(=O)c1ccccc1. The Balaban J connectivity index is 2.06. The minimum absolute atomic E-state index is 0.0395.